The van der Waals surface area contributed by atoms with Crippen LogP contribution < -0.4 is 15.4 Å². The summed E-state index contributed by atoms with van der Waals surface area (Å²) < 4.78 is 5.51. The van der Waals surface area contributed by atoms with Crippen LogP contribution >= 0.6 is 0 Å². The highest BCUT2D eigenvalue weighted by molar-refractivity contribution is 5.39. The zero-order valence-electron chi connectivity index (χ0n) is 11.7. The van der Waals surface area contributed by atoms with Gasteiger partial charge in [-0.3, -0.25) is 0 Å². The normalized spacial score (nSPS) is 14.4. The summed E-state index contributed by atoms with van der Waals surface area (Å²) >= 11 is 0. The van der Waals surface area contributed by atoms with Gasteiger partial charge in [-0.05, 0) is 51.1 Å². The van der Waals surface area contributed by atoms with Crippen LogP contribution in [-0.2, 0) is 12.8 Å². The fraction of sp³-hybridized carbons (Fsp3) is 0.600. The predicted molar refractivity (Wildman–Crippen MR) is 75.4 cm³/mol. The third-order valence-electron chi connectivity index (χ3n) is 3.59. The molecule has 0 radical (unpaired) electrons. The number of fused-ring (bicyclic) bond motifs is 1. The average molecular weight is 248 g/mol. The average Bonchev–Trinajstić information content (AvgIpc) is 2.82. The number of rotatable bonds is 6. The maximum atomic E-state index is 5.51. The molecule has 0 spiro atoms. The van der Waals surface area contributed by atoms with Gasteiger partial charge in [0.25, 0.3) is 0 Å². The highest BCUT2D eigenvalue weighted by atomic mass is 16.5. The molecule has 0 atom stereocenters. The molecule has 3 heteroatoms. The first-order valence-corrected chi connectivity index (χ1v) is 6.75. The summed E-state index contributed by atoms with van der Waals surface area (Å²) in [6, 6.07) is 6.57. The molecular formula is C15H24N2O. The van der Waals surface area contributed by atoms with Crippen molar-refractivity contribution in [2.75, 3.05) is 26.7 Å². The zero-order valence-corrected chi connectivity index (χ0v) is 11.7. The van der Waals surface area contributed by atoms with Crippen LogP contribution in [0.3, 0.4) is 0 Å². The Morgan fingerprint density at radius 1 is 1.33 bits per heavy atom. The highest BCUT2D eigenvalue weighted by Gasteiger charge is 2.14. The van der Waals surface area contributed by atoms with E-state index >= 15 is 0 Å². The minimum absolute atomic E-state index is 0.159. The topological polar surface area (TPSA) is 33.3 Å². The number of nitrogens with one attached hydrogen (secondary N) is 2. The minimum Gasteiger partial charge on any atom is -0.493 e. The molecule has 1 aromatic rings. The monoisotopic (exact) mass is 248 g/mol. The first kappa shape index (κ1) is 13.4. The minimum atomic E-state index is 0.159. The summed E-state index contributed by atoms with van der Waals surface area (Å²) in [5.41, 5.74) is 2.92. The van der Waals surface area contributed by atoms with Gasteiger partial charge < -0.3 is 15.4 Å². The molecule has 1 heterocycles. The molecule has 0 aromatic heterocycles. The van der Waals surface area contributed by atoms with Crippen molar-refractivity contribution < 1.29 is 4.74 Å². The van der Waals surface area contributed by atoms with Gasteiger partial charge in [0, 0.05) is 18.5 Å². The van der Waals surface area contributed by atoms with Crippen LogP contribution in [-0.4, -0.2) is 32.3 Å². The third-order valence-corrected chi connectivity index (χ3v) is 3.59. The van der Waals surface area contributed by atoms with E-state index in [1.165, 1.54) is 11.1 Å². The van der Waals surface area contributed by atoms with Crippen LogP contribution in [0.15, 0.2) is 18.2 Å². The number of benzene rings is 1. The van der Waals surface area contributed by atoms with Crippen molar-refractivity contribution in [3.05, 3.63) is 29.3 Å². The molecule has 2 N–H and O–H groups in total. The zero-order chi connectivity index (χ0) is 13.0. The lowest BCUT2D eigenvalue weighted by Gasteiger charge is -2.24. The number of likely N-dealkylation sites (N-methyl/N-ethyl adjacent to an activating group) is 1. The van der Waals surface area contributed by atoms with Crippen LogP contribution in [0, 0.1) is 0 Å². The first-order chi connectivity index (χ1) is 8.61. The van der Waals surface area contributed by atoms with E-state index < -0.39 is 0 Å². The van der Waals surface area contributed by atoms with Crippen molar-refractivity contribution in [3.8, 4) is 5.75 Å². The molecule has 0 aliphatic carbocycles. The second kappa shape index (κ2) is 5.72. The maximum absolute atomic E-state index is 5.51. The quantitative estimate of drug-likeness (QED) is 0.753. The summed E-state index contributed by atoms with van der Waals surface area (Å²) in [5, 5.41) is 6.79. The summed E-state index contributed by atoms with van der Waals surface area (Å²) in [7, 11) is 2.00. The first-order valence-electron chi connectivity index (χ1n) is 6.75. The molecule has 0 saturated heterocycles. The summed E-state index contributed by atoms with van der Waals surface area (Å²) in [6.07, 6.45) is 2.14. The van der Waals surface area contributed by atoms with Crippen LogP contribution in [0.4, 0.5) is 0 Å². The molecule has 2 rings (SSSR count). The summed E-state index contributed by atoms with van der Waals surface area (Å²) in [4.78, 5) is 0. The second-order valence-electron chi connectivity index (χ2n) is 5.60. The number of hydrogen-bond acceptors (Lipinski definition) is 3. The van der Waals surface area contributed by atoms with Gasteiger partial charge in [-0.1, -0.05) is 12.1 Å². The molecule has 3 nitrogen and oxygen atoms in total. The maximum Gasteiger partial charge on any atom is 0.122 e. The molecule has 0 unspecified atom stereocenters. The lowest BCUT2D eigenvalue weighted by Crippen LogP contribution is -2.46. The molecule has 100 valence electrons. The van der Waals surface area contributed by atoms with E-state index in [1.54, 1.807) is 0 Å². The highest BCUT2D eigenvalue weighted by Crippen LogP contribution is 2.25. The van der Waals surface area contributed by atoms with Crippen molar-refractivity contribution in [3.63, 3.8) is 0 Å². The molecule has 1 aromatic carbocycles. The predicted octanol–water partition coefficient (Wildman–Crippen LogP) is 1.75. The molecule has 0 fully saturated rings. The standard InChI is InChI=1S/C15H24N2O/c1-15(2,16-3)11-17-8-6-12-4-5-14-13(10-12)7-9-18-14/h4-5,10,16-17H,6-9,11H2,1-3H3. The van der Waals surface area contributed by atoms with Gasteiger partial charge in [0.05, 0.1) is 6.61 Å². The van der Waals surface area contributed by atoms with Crippen molar-refractivity contribution >= 4 is 0 Å². The molecule has 0 amide bonds. The van der Waals surface area contributed by atoms with Gasteiger partial charge in [-0.2, -0.15) is 0 Å². The van der Waals surface area contributed by atoms with Crippen LogP contribution in [0.2, 0.25) is 0 Å². The largest absolute Gasteiger partial charge is 0.493 e. The van der Waals surface area contributed by atoms with Crippen LogP contribution in [0.25, 0.3) is 0 Å². The fourth-order valence-electron chi connectivity index (χ4n) is 2.12. The van der Waals surface area contributed by atoms with Crippen molar-refractivity contribution in [1.29, 1.82) is 0 Å². The van der Waals surface area contributed by atoms with E-state index in [9.17, 15) is 0 Å². The van der Waals surface area contributed by atoms with Gasteiger partial charge in [0.1, 0.15) is 5.75 Å². The Balaban J connectivity index is 1.77. The van der Waals surface area contributed by atoms with Crippen LogP contribution in [0.1, 0.15) is 25.0 Å². The van der Waals surface area contributed by atoms with Gasteiger partial charge in [0.15, 0.2) is 0 Å². The Kier molecular flexibility index (Phi) is 4.25. The molecule has 0 bridgehead atoms. The van der Waals surface area contributed by atoms with Crippen molar-refractivity contribution in [2.45, 2.75) is 32.2 Å². The Labute approximate surface area is 110 Å². The van der Waals surface area contributed by atoms with Gasteiger partial charge in [0.2, 0.25) is 0 Å². The van der Waals surface area contributed by atoms with Crippen molar-refractivity contribution in [1.82, 2.24) is 10.6 Å². The molecule has 1 aliphatic heterocycles. The summed E-state index contributed by atoms with van der Waals surface area (Å²) in [5.74, 6) is 1.07. The van der Waals surface area contributed by atoms with E-state index in [0.29, 0.717) is 0 Å². The Bertz CT molecular complexity index is 401. The smallest absolute Gasteiger partial charge is 0.122 e. The van der Waals surface area contributed by atoms with E-state index in [0.717, 1.165) is 38.3 Å². The summed E-state index contributed by atoms with van der Waals surface area (Å²) in [6.45, 7) is 7.25. The SMILES string of the molecule is CNC(C)(C)CNCCc1ccc2c(c1)CCO2. The van der Waals surface area contributed by atoms with E-state index in [2.05, 4.69) is 42.7 Å². The van der Waals surface area contributed by atoms with Gasteiger partial charge in [-0.25, -0.2) is 0 Å². The molecule has 18 heavy (non-hydrogen) atoms. The Morgan fingerprint density at radius 3 is 2.94 bits per heavy atom. The van der Waals surface area contributed by atoms with E-state index in [4.69, 9.17) is 4.74 Å². The van der Waals surface area contributed by atoms with E-state index in [1.807, 2.05) is 7.05 Å². The molecule has 1 aliphatic rings. The van der Waals surface area contributed by atoms with E-state index in [-0.39, 0.29) is 5.54 Å². The van der Waals surface area contributed by atoms with Gasteiger partial charge in [-0.15, -0.1) is 0 Å². The van der Waals surface area contributed by atoms with Crippen molar-refractivity contribution in [2.24, 2.45) is 0 Å². The fourth-order valence-corrected chi connectivity index (χ4v) is 2.12. The Morgan fingerprint density at radius 2 is 2.17 bits per heavy atom. The second-order valence-corrected chi connectivity index (χ2v) is 5.60. The lowest BCUT2D eigenvalue weighted by atomic mass is 10.0. The number of hydrogen-bond donors (Lipinski definition) is 2. The Hall–Kier alpha value is -1.06. The molecular weight excluding hydrogens is 224 g/mol. The number of ether oxygens (including phenoxy) is 1. The van der Waals surface area contributed by atoms with Gasteiger partial charge >= 0.3 is 0 Å². The lowest BCUT2D eigenvalue weighted by molar-refractivity contribution is 0.357. The third kappa shape index (κ3) is 3.47. The molecule has 0 saturated carbocycles. The van der Waals surface area contributed by atoms with Crippen LogP contribution in [0.5, 0.6) is 5.75 Å².